The number of methoxy groups -OCH3 is 1. The second kappa shape index (κ2) is 13.1. The molecule has 0 unspecified atom stereocenters. The Morgan fingerprint density at radius 2 is 1.80 bits per heavy atom. The van der Waals surface area contributed by atoms with Crippen molar-refractivity contribution in [2.45, 2.75) is 46.3 Å². The molecule has 0 radical (unpaired) electrons. The van der Waals surface area contributed by atoms with Crippen molar-refractivity contribution in [1.82, 2.24) is 29.9 Å². The molecule has 44 heavy (non-hydrogen) atoms. The van der Waals surface area contributed by atoms with Crippen LogP contribution in [-0.4, -0.2) is 67.9 Å². The normalized spacial score (nSPS) is 12.5. The van der Waals surface area contributed by atoms with E-state index in [1.807, 2.05) is 32.9 Å². The summed E-state index contributed by atoms with van der Waals surface area (Å²) in [5.41, 5.74) is 3.54. The first-order valence-corrected chi connectivity index (χ1v) is 14.4. The number of fused-ring (bicyclic) bond motifs is 2. The number of esters is 1. The number of hydrogen-bond acceptors (Lipinski definition) is 13. The highest BCUT2D eigenvalue weighted by atomic mass is 32.1. The van der Waals surface area contributed by atoms with Crippen molar-refractivity contribution in [2.24, 2.45) is 0 Å². The zero-order chi connectivity index (χ0) is 31.4. The van der Waals surface area contributed by atoms with Gasteiger partial charge in [0, 0.05) is 11.6 Å². The molecule has 0 saturated heterocycles. The molecule has 0 aliphatic heterocycles. The second-order valence-electron chi connectivity index (χ2n) is 9.53. The molecular weight excluding hydrogens is 593 g/mol. The molecule has 5 aromatic rings. The summed E-state index contributed by atoms with van der Waals surface area (Å²) in [5.74, 6) is -1.38. The number of rotatable bonds is 10. The first-order chi connectivity index (χ1) is 21.2. The van der Waals surface area contributed by atoms with Gasteiger partial charge in [0.05, 0.1) is 49.0 Å². The molecule has 0 saturated carbocycles. The van der Waals surface area contributed by atoms with Gasteiger partial charge in [-0.1, -0.05) is 18.3 Å². The van der Waals surface area contributed by atoms with Crippen LogP contribution < -0.4 is 14.8 Å². The largest absolute Gasteiger partial charge is 0.477 e. The number of amides is 1. The van der Waals surface area contributed by atoms with E-state index in [1.54, 1.807) is 13.1 Å². The van der Waals surface area contributed by atoms with Crippen molar-refractivity contribution in [3.05, 3.63) is 54.0 Å². The first kappa shape index (κ1) is 30.4. The number of halogens is 1. The van der Waals surface area contributed by atoms with Gasteiger partial charge in [-0.25, -0.2) is 38.9 Å². The molecule has 1 N–H and O–H groups in total. The Bertz CT molecular complexity index is 1840. The molecule has 2 atom stereocenters. The number of benzene rings is 1. The van der Waals surface area contributed by atoms with Gasteiger partial charge in [-0.3, -0.25) is 5.32 Å². The van der Waals surface area contributed by atoms with E-state index in [-0.39, 0.29) is 17.4 Å². The maximum atomic E-state index is 15.2. The second-order valence-corrected chi connectivity index (χ2v) is 10.5. The summed E-state index contributed by atoms with van der Waals surface area (Å²) in [6.07, 6.45) is 2.10. The maximum absolute atomic E-state index is 15.2. The van der Waals surface area contributed by atoms with E-state index in [0.717, 1.165) is 11.1 Å². The molecule has 0 spiro atoms. The van der Waals surface area contributed by atoms with E-state index in [9.17, 15) is 9.59 Å². The fraction of sp³-hybridized carbons (Fsp3) is 0.310. The lowest BCUT2D eigenvalue weighted by molar-refractivity contribution is 0.0270. The Balaban J connectivity index is 1.32. The van der Waals surface area contributed by atoms with Crippen molar-refractivity contribution < 1.29 is 32.9 Å². The first-order valence-electron chi connectivity index (χ1n) is 13.6. The van der Waals surface area contributed by atoms with Crippen LogP contribution in [0, 0.1) is 12.7 Å². The predicted octanol–water partition coefficient (Wildman–Crippen LogP) is 5.52. The molecule has 0 bridgehead atoms. The summed E-state index contributed by atoms with van der Waals surface area (Å²) < 4.78 is 36.5. The van der Waals surface area contributed by atoms with Crippen LogP contribution in [0.5, 0.6) is 11.8 Å². The highest BCUT2D eigenvalue weighted by molar-refractivity contribution is 7.21. The van der Waals surface area contributed by atoms with Gasteiger partial charge in [0.1, 0.15) is 27.6 Å². The van der Waals surface area contributed by atoms with Gasteiger partial charge >= 0.3 is 12.1 Å². The van der Waals surface area contributed by atoms with E-state index < -0.39 is 30.1 Å². The molecule has 0 aliphatic carbocycles. The van der Waals surface area contributed by atoms with Crippen LogP contribution in [0.15, 0.2) is 36.8 Å². The highest BCUT2D eigenvalue weighted by Crippen LogP contribution is 2.35. The Kier molecular flexibility index (Phi) is 9.04. The minimum absolute atomic E-state index is 0.157. The zero-order valence-electron chi connectivity index (χ0n) is 24.5. The van der Waals surface area contributed by atoms with Crippen molar-refractivity contribution >= 4 is 50.5 Å². The SMILES string of the molecule is CCOc1cnc2c(-c3nc4cc(F)c(O[C@@H](CC)[C@@H](C)OC(=O)Nc5cnc(C(=O)OC)nc5)nc4s3)cc(C)cc2n1. The summed E-state index contributed by atoms with van der Waals surface area (Å²) in [4.78, 5) is 50.2. The molecular formula is C29H28FN7O6S. The number of ether oxygens (including phenoxy) is 4. The van der Waals surface area contributed by atoms with Crippen LogP contribution in [0.3, 0.4) is 0 Å². The Hall–Kier alpha value is -5.05. The number of carbonyl (C=O) groups excluding carboxylic acids is 2. The van der Waals surface area contributed by atoms with Gasteiger partial charge in [-0.05, 0) is 44.9 Å². The van der Waals surface area contributed by atoms with Gasteiger partial charge in [-0.2, -0.15) is 4.98 Å². The van der Waals surface area contributed by atoms with Crippen molar-refractivity contribution in [1.29, 1.82) is 0 Å². The minimum Gasteiger partial charge on any atom is -0.477 e. The number of anilines is 1. The number of nitrogens with one attached hydrogen (secondary N) is 1. The van der Waals surface area contributed by atoms with Crippen LogP contribution in [0.4, 0.5) is 14.9 Å². The lowest BCUT2D eigenvalue weighted by Gasteiger charge is -2.23. The lowest BCUT2D eigenvalue weighted by atomic mass is 10.1. The third kappa shape index (κ3) is 6.62. The van der Waals surface area contributed by atoms with Gasteiger partial charge in [0.2, 0.25) is 11.7 Å². The number of thiazole rings is 1. The van der Waals surface area contributed by atoms with Gasteiger partial charge in [0.15, 0.2) is 5.82 Å². The molecule has 1 aromatic carbocycles. The third-order valence-electron chi connectivity index (χ3n) is 6.34. The summed E-state index contributed by atoms with van der Waals surface area (Å²) in [5, 5.41) is 3.07. The third-order valence-corrected chi connectivity index (χ3v) is 7.34. The van der Waals surface area contributed by atoms with Crippen molar-refractivity contribution in [3.63, 3.8) is 0 Å². The maximum Gasteiger partial charge on any atom is 0.412 e. The minimum atomic E-state index is -0.813. The van der Waals surface area contributed by atoms with E-state index >= 15 is 4.39 Å². The molecule has 13 nitrogen and oxygen atoms in total. The highest BCUT2D eigenvalue weighted by Gasteiger charge is 2.25. The average molecular weight is 622 g/mol. The lowest BCUT2D eigenvalue weighted by Crippen LogP contribution is -2.34. The molecule has 1 amide bonds. The predicted molar refractivity (Wildman–Crippen MR) is 159 cm³/mol. The van der Waals surface area contributed by atoms with E-state index in [0.29, 0.717) is 45.3 Å². The zero-order valence-corrected chi connectivity index (χ0v) is 25.3. The molecule has 228 valence electrons. The number of nitrogens with zero attached hydrogens (tertiary/aromatic N) is 6. The molecule has 4 aromatic heterocycles. The smallest absolute Gasteiger partial charge is 0.412 e. The number of pyridine rings is 1. The Labute approximate surface area is 254 Å². The molecule has 0 fully saturated rings. The van der Waals surface area contributed by atoms with Gasteiger partial charge in [0.25, 0.3) is 5.88 Å². The van der Waals surface area contributed by atoms with Crippen LogP contribution in [0.2, 0.25) is 0 Å². The van der Waals surface area contributed by atoms with Crippen molar-refractivity contribution in [3.8, 4) is 22.3 Å². The van der Waals surface area contributed by atoms with Crippen molar-refractivity contribution in [2.75, 3.05) is 19.0 Å². The fourth-order valence-corrected chi connectivity index (χ4v) is 5.22. The molecule has 0 aliphatic rings. The topological polar surface area (TPSA) is 160 Å². The van der Waals surface area contributed by atoms with Crippen LogP contribution in [-0.2, 0) is 9.47 Å². The summed E-state index contributed by atoms with van der Waals surface area (Å²) >= 11 is 1.27. The number of hydrogen-bond donors (Lipinski definition) is 1. The Morgan fingerprint density at radius 1 is 1.02 bits per heavy atom. The van der Waals surface area contributed by atoms with Gasteiger partial charge < -0.3 is 18.9 Å². The quantitative estimate of drug-likeness (QED) is 0.195. The van der Waals surface area contributed by atoms with Crippen LogP contribution >= 0.6 is 11.3 Å². The number of aromatic nitrogens is 6. The standard InChI is InChI=1S/C29H28FN7O6S/c1-6-21(15(4)42-29(39)34-16-11-32-24(33-12-16)28(38)40-5)43-25-18(30)10-20-27(37-25)44-26(36-20)17-8-14(3)9-19-23(17)31-13-22(35-19)41-7-2/h8-13,15,21H,6-7H2,1-5H3,(H,34,39)/t15-,21+/m1/s1. The molecule has 4 heterocycles. The molecule has 5 rings (SSSR count). The Morgan fingerprint density at radius 3 is 2.50 bits per heavy atom. The average Bonchev–Trinajstić information content (AvgIpc) is 3.41. The summed E-state index contributed by atoms with van der Waals surface area (Å²) in [7, 11) is 1.21. The van der Waals surface area contributed by atoms with E-state index in [1.165, 1.54) is 36.9 Å². The monoisotopic (exact) mass is 621 g/mol. The van der Waals surface area contributed by atoms with Gasteiger partial charge in [-0.15, -0.1) is 0 Å². The van der Waals surface area contributed by atoms with E-state index in [4.69, 9.17) is 14.2 Å². The summed E-state index contributed by atoms with van der Waals surface area (Å²) in [6.45, 7) is 7.71. The van der Waals surface area contributed by atoms with Crippen LogP contribution in [0.1, 0.15) is 43.4 Å². The summed E-state index contributed by atoms with van der Waals surface area (Å²) in [6, 6.07) is 5.12. The number of aryl methyl sites for hydroxylation is 1. The van der Waals surface area contributed by atoms with Crippen LogP contribution in [0.25, 0.3) is 32.0 Å². The van der Waals surface area contributed by atoms with E-state index in [2.05, 4.69) is 40.0 Å². The fourth-order valence-electron chi connectivity index (χ4n) is 4.29. The number of carbonyl (C=O) groups is 2. The molecule has 15 heteroatoms.